The number of amidine groups is 1. The van der Waals surface area contributed by atoms with Crippen molar-refractivity contribution in [3.63, 3.8) is 0 Å². The number of hydrogen-bond acceptors (Lipinski definition) is 2. The molecule has 0 saturated carbocycles. The van der Waals surface area contributed by atoms with Crippen LogP contribution in [0.25, 0.3) is 12.2 Å². The average Bonchev–Trinajstić information content (AvgIpc) is 3.16. The van der Waals surface area contributed by atoms with Gasteiger partial charge in [-0.15, -0.1) is 13.2 Å². The maximum absolute atomic E-state index is 6.03. The minimum Gasteiger partial charge on any atom is -0.387 e. The van der Waals surface area contributed by atoms with E-state index in [0.29, 0.717) is 25.3 Å². The first kappa shape index (κ1) is 27.1. The Morgan fingerprint density at radius 1 is 1.17 bits per heavy atom. The summed E-state index contributed by atoms with van der Waals surface area (Å²) < 4.78 is 0. The van der Waals surface area contributed by atoms with Gasteiger partial charge in [-0.25, -0.2) is 0 Å². The molecule has 4 heteroatoms. The smallest absolute Gasteiger partial charge is 0.0979 e. The number of rotatable bonds is 9. The van der Waals surface area contributed by atoms with Crippen LogP contribution in [0.3, 0.4) is 0 Å². The van der Waals surface area contributed by atoms with Crippen molar-refractivity contribution in [2.45, 2.75) is 46.0 Å². The lowest BCUT2D eigenvalue weighted by Crippen LogP contribution is -2.11. The summed E-state index contributed by atoms with van der Waals surface area (Å²) in [6, 6.07) is 0. The number of aromatic amines is 1. The lowest BCUT2D eigenvalue weighted by atomic mass is 9.94. The van der Waals surface area contributed by atoms with Gasteiger partial charge in [0.05, 0.1) is 12.4 Å². The van der Waals surface area contributed by atoms with Crippen LogP contribution in [-0.2, 0) is 12.8 Å². The van der Waals surface area contributed by atoms with Crippen LogP contribution in [0.15, 0.2) is 67.3 Å². The molecule has 0 atom stereocenters. The van der Waals surface area contributed by atoms with E-state index >= 15 is 0 Å². The van der Waals surface area contributed by atoms with Crippen LogP contribution in [0.2, 0.25) is 0 Å². The van der Waals surface area contributed by atoms with Gasteiger partial charge in [0.2, 0.25) is 0 Å². The van der Waals surface area contributed by atoms with Crippen LogP contribution in [-0.4, -0.2) is 23.9 Å². The Bertz CT molecular complexity index is 775. The van der Waals surface area contributed by atoms with Crippen molar-refractivity contribution < 1.29 is 0 Å². The molecule has 4 nitrogen and oxygen atoms in total. The lowest BCUT2D eigenvalue weighted by molar-refractivity contribution is 0.676. The second-order valence-electron chi connectivity index (χ2n) is 6.52. The van der Waals surface area contributed by atoms with Crippen molar-refractivity contribution in [1.82, 2.24) is 4.98 Å². The number of hydrogen-bond donors (Lipinski definition) is 3. The number of aromatic nitrogens is 1. The number of fused-ring (bicyclic) bond motifs is 1. The third kappa shape index (κ3) is 8.66. The Hall–Kier alpha value is -2.85. The molecule has 5 N–H and O–H groups in total. The third-order valence-corrected chi connectivity index (χ3v) is 4.56. The first-order valence-electron chi connectivity index (χ1n) is 10.6. The van der Waals surface area contributed by atoms with Crippen molar-refractivity contribution in [3.05, 3.63) is 84.8 Å². The van der Waals surface area contributed by atoms with E-state index in [1.165, 1.54) is 29.7 Å². The molecule has 0 aromatic carbocycles. The zero-order valence-electron chi connectivity index (χ0n) is 19.0. The highest BCUT2D eigenvalue weighted by atomic mass is 14.8. The molecule has 0 amide bonds. The molecule has 0 radical (unpaired) electrons. The number of aliphatic imine (C=N–C) groups is 1. The quantitative estimate of drug-likeness (QED) is 0.210. The fourth-order valence-electron chi connectivity index (χ4n) is 3.14. The van der Waals surface area contributed by atoms with Gasteiger partial charge in [-0.2, -0.15) is 0 Å². The average molecular weight is 409 g/mol. The summed E-state index contributed by atoms with van der Waals surface area (Å²) >= 11 is 0. The molecule has 164 valence electrons. The van der Waals surface area contributed by atoms with Crippen LogP contribution in [0, 0.1) is 0 Å². The zero-order chi connectivity index (χ0) is 22.9. The van der Waals surface area contributed by atoms with Crippen LogP contribution < -0.4 is 11.5 Å². The van der Waals surface area contributed by atoms with Gasteiger partial charge in [0.25, 0.3) is 0 Å². The number of nitrogens with zero attached hydrogens (tertiary/aromatic N) is 1. The molecule has 1 aromatic heterocycles. The van der Waals surface area contributed by atoms with Crippen LogP contribution in [0.5, 0.6) is 0 Å². The molecule has 0 aliphatic heterocycles. The molecule has 2 rings (SSSR count). The maximum Gasteiger partial charge on any atom is 0.0979 e. The predicted octanol–water partition coefficient (Wildman–Crippen LogP) is 5.75. The van der Waals surface area contributed by atoms with Crippen LogP contribution >= 0.6 is 0 Å². The zero-order valence-corrected chi connectivity index (χ0v) is 19.0. The monoisotopic (exact) mass is 408 g/mol. The minimum absolute atomic E-state index is 0.422. The van der Waals surface area contributed by atoms with Gasteiger partial charge in [-0.05, 0) is 48.5 Å². The first-order valence-corrected chi connectivity index (χ1v) is 10.6. The highest BCUT2D eigenvalue weighted by molar-refractivity contribution is 5.83. The summed E-state index contributed by atoms with van der Waals surface area (Å²) in [5.74, 6) is 0.587. The summed E-state index contributed by atoms with van der Waals surface area (Å²) in [6.45, 7) is 22.5. The molecule has 0 unspecified atom stereocenters. The van der Waals surface area contributed by atoms with Gasteiger partial charge in [0.1, 0.15) is 0 Å². The molecule has 0 fully saturated rings. The van der Waals surface area contributed by atoms with Gasteiger partial charge in [-0.1, -0.05) is 57.9 Å². The molecule has 30 heavy (non-hydrogen) atoms. The summed E-state index contributed by atoms with van der Waals surface area (Å²) in [7, 11) is 0. The number of nitrogens with one attached hydrogen (secondary N) is 1. The van der Waals surface area contributed by atoms with E-state index in [0.717, 1.165) is 29.7 Å². The Balaban J connectivity index is 0.00000198. The van der Waals surface area contributed by atoms with Crippen molar-refractivity contribution in [2.75, 3.05) is 13.1 Å². The van der Waals surface area contributed by atoms with Crippen molar-refractivity contribution in [1.29, 1.82) is 0 Å². The lowest BCUT2D eigenvalue weighted by Gasteiger charge is -2.10. The van der Waals surface area contributed by atoms with Crippen molar-refractivity contribution in [2.24, 2.45) is 16.5 Å². The molecule has 1 heterocycles. The second-order valence-corrected chi connectivity index (χ2v) is 6.52. The number of nitrogens with two attached hydrogens (primary N) is 2. The van der Waals surface area contributed by atoms with E-state index in [2.05, 4.69) is 48.9 Å². The second kappa shape index (κ2) is 16.0. The fourth-order valence-corrected chi connectivity index (χ4v) is 3.14. The van der Waals surface area contributed by atoms with E-state index in [1.54, 1.807) is 6.08 Å². The highest BCUT2D eigenvalue weighted by Crippen LogP contribution is 2.28. The van der Waals surface area contributed by atoms with E-state index < -0.39 is 0 Å². The number of H-pyrrole nitrogens is 1. The molecular weight excluding hydrogens is 368 g/mol. The molecule has 1 aliphatic rings. The highest BCUT2D eigenvalue weighted by Gasteiger charge is 2.16. The van der Waals surface area contributed by atoms with Crippen LogP contribution in [0.4, 0.5) is 0 Å². The van der Waals surface area contributed by atoms with Crippen LogP contribution in [0.1, 0.15) is 55.6 Å². The Kier molecular flexibility index (Phi) is 14.5. The van der Waals surface area contributed by atoms with Crippen molar-refractivity contribution in [3.8, 4) is 0 Å². The van der Waals surface area contributed by atoms with E-state index in [1.807, 2.05) is 32.1 Å². The largest absolute Gasteiger partial charge is 0.387 e. The maximum atomic E-state index is 6.03. The van der Waals surface area contributed by atoms with Gasteiger partial charge < -0.3 is 16.5 Å². The third-order valence-electron chi connectivity index (χ3n) is 4.56. The minimum atomic E-state index is 0.422. The predicted molar refractivity (Wildman–Crippen MR) is 137 cm³/mol. The Morgan fingerprint density at radius 2 is 1.83 bits per heavy atom. The molecule has 0 bridgehead atoms. The van der Waals surface area contributed by atoms with Gasteiger partial charge >= 0.3 is 0 Å². The topological polar surface area (TPSA) is 80.2 Å². The fraction of sp³-hybridized carbons (Fsp3) is 0.346. The molecule has 1 aliphatic carbocycles. The first-order chi connectivity index (χ1) is 14.6. The summed E-state index contributed by atoms with van der Waals surface area (Å²) in [6.07, 6.45) is 15.1. The standard InChI is InChI=1S/C22H30N4.C2H6.C2H4/c1-4-17(13-16(3)14-23)15-25-22(24)12-8-11-20-18(5-2)19-9-6-7-10-21(19)26-20;2*1-2/h4-5,8,11,13,26H,1-3,6-7,9-10,12,14-15,23H2,(H2,24,25);1-2H3;1-2H2/b11-8-,17-13+;;. The Morgan fingerprint density at radius 3 is 2.43 bits per heavy atom. The van der Waals surface area contributed by atoms with E-state index in [9.17, 15) is 0 Å². The number of aryl methyl sites for hydroxylation is 1. The van der Waals surface area contributed by atoms with Gasteiger partial charge in [0, 0.05) is 29.9 Å². The van der Waals surface area contributed by atoms with Crippen molar-refractivity contribution >= 4 is 18.0 Å². The van der Waals surface area contributed by atoms with E-state index in [4.69, 9.17) is 11.5 Å². The summed E-state index contributed by atoms with van der Waals surface area (Å²) in [4.78, 5) is 7.94. The van der Waals surface area contributed by atoms with E-state index in [-0.39, 0.29) is 0 Å². The molecule has 0 spiro atoms. The van der Waals surface area contributed by atoms with Gasteiger partial charge in [0.15, 0.2) is 0 Å². The SMILES string of the molecule is C=C.C=C/C(=C\C(=C)CN)CN=C(N)C/C=C\c1[nH]c2c(c1C=C)CCCC2.CC. The van der Waals surface area contributed by atoms with Gasteiger partial charge in [-0.3, -0.25) is 4.99 Å². The molecule has 0 saturated heterocycles. The summed E-state index contributed by atoms with van der Waals surface area (Å²) in [5, 5.41) is 0. The summed E-state index contributed by atoms with van der Waals surface area (Å²) in [5.41, 5.74) is 18.5. The molecule has 1 aromatic rings. The normalized spacial score (nSPS) is 13.4. The molecular formula is C26H40N4. The Labute approximate surface area is 183 Å².